The maximum absolute atomic E-state index is 9.30. The maximum atomic E-state index is 9.30. The summed E-state index contributed by atoms with van der Waals surface area (Å²) in [5.74, 6) is 0. The Morgan fingerprint density at radius 1 is 0.605 bits per heavy atom. The Morgan fingerprint density at radius 2 is 1.24 bits per heavy atom. The molecule has 7 rings (SSSR count). The van der Waals surface area contributed by atoms with Gasteiger partial charge in [-0.15, -0.1) is 0 Å². The van der Waals surface area contributed by atoms with Crippen LogP contribution in [0.5, 0.6) is 0 Å². The van der Waals surface area contributed by atoms with Crippen LogP contribution >= 0.6 is 0 Å². The first-order valence-electron chi connectivity index (χ1n) is 12.5. The molecule has 0 radical (unpaired) electrons. The molecular weight excluding hydrogens is 529 g/mol. The van der Waals surface area contributed by atoms with E-state index in [1.807, 2.05) is 30.3 Å². The van der Waals surface area contributed by atoms with Crippen LogP contribution in [-0.2, 0) is 0 Å². The number of pyridine rings is 1. The molecule has 0 atom stereocenters. The van der Waals surface area contributed by atoms with Crippen molar-refractivity contribution in [2.45, 2.75) is 0 Å². The van der Waals surface area contributed by atoms with Gasteiger partial charge >= 0.3 is 223 Å². The monoisotopic (exact) mass is 551 g/mol. The Morgan fingerprint density at radius 3 is 1.92 bits per heavy atom. The Kier molecular flexibility index (Phi) is 5.52. The quantitative estimate of drug-likeness (QED) is 0.225. The fourth-order valence-corrected chi connectivity index (χ4v) is 7.32. The zero-order valence-electron chi connectivity index (χ0n) is 20.4. The number of hydrogen-bond acceptors (Lipinski definition) is 3. The standard InChI is InChI=1S/C34H21N3Se/c35-22-23-17-19-25(20-18-23)28-21-27(24-9-2-1-3-10-24)26-11-8-14-31(34(26)36-28)37-29-12-4-6-15-32(29)38-33-16-7-5-13-30(33)37/h1-21H. The van der Waals surface area contributed by atoms with E-state index in [1.165, 1.54) is 20.3 Å². The van der Waals surface area contributed by atoms with Crippen molar-refractivity contribution in [3.05, 3.63) is 133 Å². The van der Waals surface area contributed by atoms with Gasteiger partial charge in [-0.25, -0.2) is 0 Å². The zero-order chi connectivity index (χ0) is 25.5. The number of nitrogens with zero attached hydrogens (tertiary/aromatic N) is 3. The SMILES string of the molecule is N#Cc1ccc(-c2cc(-c3ccccc3)c3cccc(N4c5ccccc5[Se]c5ccccc54)c3n2)cc1. The molecule has 1 aliphatic rings. The van der Waals surface area contributed by atoms with E-state index in [4.69, 9.17) is 4.98 Å². The van der Waals surface area contributed by atoms with Crippen molar-refractivity contribution in [3.63, 3.8) is 0 Å². The molecule has 0 N–H and O–H groups in total. The van der Waals surface area contributed by atoms with Crippen molar-refractivity contribution in [1.82, 2.24) is 4.98 Å². The second kappa shape index (κ2) is 9.32. The van der Waals surface area contributed by atoms with Crippen molar-refractivity contribution >= 4 is 51.8 Å². The molecule has 0 bridgehead atoms. The average Bonchev–Trinajstić information content (AvgIpc) is 2.99. The van der Waals surface area contributed by atoms with Gasteiger partial charge in [0.1, 0.15) is 0 Å². The number of aromatic nitrogens is 1. The number of fused-ring (bicyclic) bond motifs is 3. The van der Waals surface area contributed by atoms with Crippen LogP contribution in [0.2, 0.25) is 0 Å². The summed E-state index contributed by atoms with van der Waals surface area (Å²) in [7, 11) is 0. The molecule has 0 saturated carbocycles. The summed E-state index contributed by atoms with van der Waals surface area (Å²) >= 11 is 0.241. The third-order valence-corrected chi connectivity index (χ3v) is 9.26. The molecule has 0 fully saturated rings. The summed E-state index contributed by atoms with van der Waals surface area (Å²) in [5, 5.41) is 10.4. The van der Waals surface area contributed by atoms with E-state index in [1.54, 1.807) is 0 Å². The molecular formula is C34H21N3Se. The van der Waals surface area contributed by atoms with Crippen molar-refractivity contribution in [3.8, 4) is 28.5 Å². The number of nitriles is 1. The van der Waals surface area contributed by atoms with Crippen molar-refractivity contribution < 1.29 is 0 Å². The number of para-hydroxylation sites is 3. The van der Waals surface area contributed by atoms with Crippen LogP contribution < -0.4 is 13.8 Å². The summed E-state index contributed by atoms with van der Waals surface area (Å²) < 4.78 is 2.73. The normalized spacial score (nSPS) is 12.0. The van der Waals surface area contributed by atoms with E-state index in [-0.39, 0.29) is 15.0 Å². The van der Waals surface area contributed by atoms with E-state index in [0.29, 0.717) is 5.56 Å². The Balaban J connectivity index is 1.54. The molecule has 0 aliphatic carbocycles. The third-order valence-electron chi connectivity index (χ3n) is 6.89. The minimum absolute atomic E-state index is 0.241. The van der Waals surface area contributed by atoms with E-state index in [9.17, 15) is 5.26 Å². The van der Waals surface area contributed by atoms with Gasteiger partial charge in [0.25, 0.3) is 0 Å². The van der Waals surface area contributed by atoms with Crippen molar-refractivity contribution in [2.24, 2.45) is 0 Å². The van der Waals surface area contributed by atoms with E-state index in [0.717, 1.165) is 39.0 Å². The molecule has 0 amide bonds. The first-order chi connectivity index (χ1) is 18.8. The first-order valence-corrected chi connectivity index (χ1v) is 14.2. The third kappa shape index (κ3) is 3.78. The van der Waals surface area contributed by atoms with Gasteiger partial charge < -0.3 is 0 Å². The van der Waals surface area contributed by atoms with Crippen LogP contribution in [0.25, 0.3) is 33.3 Å². The van der Waals surface area contributed by atoms with Crippen LogP contribution in [0, 0.1) is 11.3 Å². The van der Waals surface area contributed by atoms with Gasteiger partial charge in [-0.05, 0) is 0 Å². The summed E-state index contributed by atoms with van der Waals surface area (Å²) in [5.41, 5.74) is 9.24. The fraction of sp³-hybridized carbons (Fsp3) is 0. The van der Waals surface area contributed by atoms with E-state index >= 15 is 0 Å². The van der Waals surface area contributed by atoms with Gasteiger partial charge in [-0.3, -0.25) is 0 Å². The molecule has 1 aromatic heterocycles. The number of hydrogen-bond donors (Lipinski definition) is 0. The predicted molar refractivity (Wildman–Crippen MR) is 157 cm³/mol. The molecule has 1 aliphatic heterocycles. The number of rotatable bonds is 3. The average molecular weight is 551 g/mol. The molecule has 3 nitrogen and oxygen atoms in total. The Hall–Kier alpha value is -4.68. The van der Waals surface area contributed by atoms with Crippen LogP contribution in [0.15, 0.2) is 127 Å². The van der Waals surface area contributed by atoms with Gasteiger partial charge in [0.15, 0.2) is 0 Å². The topological polar surface area (TPSA) is 39.9 Å². The van der Waals surface area contributed by atoms with E-state index in [2.05, 4.69) is 108 Å². The van der Waals surface area contributed by atoms with Crippen LogP contribution in [0.4, 0.5) is 17.1 Å². The molecule has 2 heterocycles. The second-order valence-corrected chi connectivity index (χ2v) is 11.4. The predicted octanol–water partition coefficient (Wildman–Crippen LogP) is 6.88. The van der Waals surface area contributed by atoms with Crippen LogP contribution in [-0.4, -0.2) is 19.9 Å². The van der Waals surface area contributed by atoms with Crippen LogP contribution in [0.3, 0.4) is 0 Å². The number of benzene rings is 5. The van der Waals surface area contributed by atoms with Gasteiger partial charge in [0.05, 0.1) is 0 Å². The molecule has 5 aromatic carbocycles. The fourth-order valence-electron chi connectivity index (χ4n) is 5.10. The molecule has 6 aromatic rings. The van der Waals surface area contributed by atoms with E-state index < -0.39 is 0 Å². The molecule has 0 saturated heterocycles. The zero-order valence-corrected chi connectivity index (χ0v) is 22.1. The Bertz CT molecular complexity index is 1810. The molecule has 4 heteroatoms. The Labute approximate surface area is 227 Å². The van der Waals surface area contributed by atoms with Crippen molar-refractivity contribution in [1.29, 1.82) is 5.26 Å². The minimum atomic E-state index is 0.241. The van der Waals surface area contributed by atoms with Gasteiger partial charge in [0.2, 0.25) is 0 Å². The van der Waals surface area contributed by atoms with Gasteiger partial charge in [-0.2, -0.15) is 5.26 Å². The van der Waals surface area contributed by atoms with Gasteiger partial charge in [0, 0.05) is 0 Å². The molecule has 0 unspecified atom stereocenters. The molecule has 178 valence electrons. The molecule has 38 heavy (non-hydrogen) atoms. The summed E-state index contributed by atoms with van der Waals surface area (Å²) in [6.45, 7) is 0. The van der Waals surface area contributed by atoms with Gasteiger partial charge in [-0.1, -0.05) is 0 Å². The number of anilines is 3. The van der Waals surface area contributed by atoms with Crippen LogP contribution in [0.1, 0.15) is 5.56 Å². The summed E-state index contributed by atoms with van der Waals surface area (Å²) in [6, 6.07) is 46.5. The summed E-state index contributed by atoms with van der Waals surface area (Å²) in [6.07, 6.45) is 0. The second-order valence-electron chi connectivity index (χ2n) is 9.16. The summed E-state index contributed by atoms with van der Waals surface area (Å²) in [4.78, 5) is 7.67. The first kappa shape index (κ1) is 22.5. The molecule has 0 spiro atoms. The van der Waals surface area contributed by atoms with Crippen molar-refractivity contribution in [2.75, 3.05) is 4.90 Å².